The SMILES string of the molecule is CC.CC1(C)c2ccc(C3CCNCC3)cc2-n2c1nc(=O)c1c(Cl)cccc12. The Kier molecular flexibility index (Phi) is 5.26. The van der Waals surface area contributed by atoms with Crippen molar-refractivity contribution in [2.75, 3.05) is 13.1 Å². The van der Waals surface area contributed by atoms with E-state index in [2.05, 4.69) is 46.9 Å². The van der Waals surface area contributed by atoms with Gasteiger partial charge >= 0.3 is 0 Å². The number of nitrogens with zero attached hydrogens (tertiary/aromatic N) is 2. The first-order chi connectivity index (χ1) is 14.0. The van der Waals surface area contributed by atoms with Crippen LogP contribution >= 0.6 is 11.6 Å². The fourth-order valence-electron chi connectivity index (χ4n) is 4.68. The van der Waals surface area contributed by atoms with Crippen molar-refractivity contribution in [1.82, 2.24) is 14.9 Å². The topological polar surface area (TPSA) is 46.9 Å². The molecule has 2 aliphatic heterocycles. The van der Waals surface area contributed by atoms with Gasteiger partial charge < -0.3 is 5.32 Å². The molecule has 5 rings (SSSR count). The first-order valence-electron chi connectivity index (χ1n) is 10.6. The van der Waals surface area contributed by atoms with Gasteiger partial charge in [-0.3, -0.25) is 9.36 Å². The molecule has 1 aromatic heterocycles. The van der Waals surface area contributed by atoms with E-state index in [0.29, 0.717) is 16.3 Å². The molecule has 0 unspecified atom stereocenters. The van der Waals surface area contributed by atoms with Gasteiger partial charge in [-0.15, -0.1) is 0 Å². The van der Waals surface area contributed by atoms with Gasteiger partial charge in [0.25, 0.3) is 5.56 Å². The molecule has 5 heteroatoms. The average molecular weight is 410 g/mol. The molecule has 0 amide bonds. The summed E-state index contributed by atoms with van der Waals surface area (Å²) in [6, 6.07) is 12.4. The highest BCUT2D eigenvalue weighted by atomic mass is 35.5. The second-order valence-electron chi connectivity index (χ2n) is 8.14. The lowest BCUT2D eigenvalue weighted by molar-refractivity contribution is 0.460. The third-order valence-corrected chi connectivity index (χ3v) is 6.49. The van der Waals surface area contributed by atoms with Gasteiger partial charge in [0.15, 0.2) is 0 Å². The summed E-state index contributed by atoms with van der Waals surface area (Å²) >= 11 is 6.35. The number of halogens is 1. The lowest BCUT2D eigenvalue weighted by atomic mass is 9.83. The van der Waals surface area contributed by atoms with E-state index in [9.17, 15) is 4.79 Å². The van der Waals surface area contributed by atoms with Crippen molar-refractivity contribution in [3.8, 4) is 5.69 Å². The Hall–Kier alpha value is -2.17. The van der Waals surface area contributed by atoms with Gasteiger partial charge in [0.05, 0.1) is 27.0 Å². The van der Waals surface area contributed by atoms with Crippen LogP contribution in [-0.2, 0) is 5.41 Å². The van der Waals surface area contributed by atoms with Crippen LogP contribution in [0, 0.1) is 0 Å². The molecular formula is C24H28ClN3O. The van der Waals surface area contributed by atoms with E-state index in [4.69, 9.17) is 11.6 Å². The summed E-state index contributed by atoms with van der Waals surface area (Å²) in [5, 5.41) is 4.40. The van der Waals surface area contributed by atoms with E-state index in [-0.39, 0.29) is 11.0 Å². The van der Waals surface area contributed by atoms with Crippen LogP contribution in [0.1, 0.15) is 63.4 Å². The molecule has 3 aromatic rings. The van der Waals surface area contributed by atoms with Gasteiger partial charge in [-0.2, -0.15) is 4.98 Å². The highest BCUT2D eigenvalue weighted by Crippen LogP contribution is 2.44. The lowest BCUT2D eigenvalue weighted by Crippen LogP contribution is -2.26. The third kappa shape index (κ3) is 3.10. The maximum absolute atomic E-state index is 12.7. The van der Waals surface area contributed by atoms with Crippen LogP contribution in [-0.4, -0.2) is 22.6 Å². The molecule has 1 fully saturated rings. The highest BCUT2D eigenvalue weighted by Gasteiger charge is 2.39. The van der Waals surface area contributed by atoms with E-state index >= 15 is 0 Å². The molecule has 0 spiro atoms. The van der Waals surface area contributed by atoms with E-state index in [1.807, 2.05) is 26.0 Å². The van der Waals surface area contributed by atoms with Crippen LogP contribution in [0.15, 0.2) is 41.2 Å². The van der Waals surface area contributed by atoms with Gasteiger partial charge in [0.1, 0.15) is 5.82 Å². The molecule has 0 atom stereocenters. The maximum Gasteiger partial charge on any atom is 0.282 e. The number of hydrogen-bond donors (Lipinski definition) is 1. The van der Waals surface area contributed by atoms with Crippen molar-refractivity contribution in [3.05, 3.63) is 68.7 Å². The molecule has 2 aromatic carbocycles. The minimum atomic E-state index is -0.322. The van der Waals surface area contributed by atoms with Crippen LogP contribution in [0.3, 0.4) is 0 Å². The first kappa shape index (κ1) is 20.1. The first-order valence-corrected chi connectivity index (χ1v) is 10.9. The molecule has 2 aliphatic rings. The summed E-state index contributed by atoms with van der Waals surface area (Å²) in [6.07, 6.45) is 2.31. The molecular weight excluding hydrogens is 382 g/mol. The van der Waals surface area contributed by atoms with Gasteiger partial charge in [-0.05, 0) is 75.0 Å². The van der Waals surface area contributed by atoms with Crippen molar-refractivity contribution in [2.45, 2.75) is 51.9 Å². The summed E-state index contributed by atoms with van der Waals surface area (Å²) in [5.74, 6) is 1.37. The molecule has 1 N–H and O–H groups in total. The summed E-state index contributed by atoms with van der Waals surface area (Å²) in [5.41, 5.74) is 3.98. The summed E-state index contributed by atoms with van der Waals surface area (Å²) in [4.78, 5) is 17.2. The number of aromatic nitrogens is 2. The average Bonchev–Trinajstić information content (AvgIpc) is 2.97. The zero-order valence-electron chi connectivity index (χ0n) is 17.6. The number of benzene rings is 2. The fourth-order valence-corrected chi connectivity index (χ4v) is 4.93. The Morgan fingerprint density at radius 2 is 1.86 bits per heavy atom. The van der Waals surface area contributed by atoms with E-state index in [0.717, 1.165) is 43.0 Å². The van der Waals surface area contributed by atoms with Crippen LogP contribution < -0.4 is 10.9 Å². The van der Waals surface area contributed by atoms with Gasteiger partial charge in [-0.1, -0.05) is 43.6 Å². The van der Waals surface area contributed by atoms with E-state index < -0.39 is 0 Å². The molecule has 4 nitrogen and oxygen atoms in total. The maximum atomic E-state index is 12.7. The summed E-state index contributed by atoms with van der Waals surface area (Å²) < 4.78 is 2.14. The monoisotopic (exact) mass is 409 g/mol. The van der Waals surface area contributed by atoms with Gasteiger partial charge in [0, 0.05) is 0 Å². The second-order valence-corrected chi connectivity index (χ2v) is 8.54. The van der Waals surface area contributed by atoms with Crippen molar-refractivity contribution in [3.63, 3.8) is 0 Å². The summed E-state index contributed by atoms with van der Waals surface area (Å²) in [6.45, 7) is 10.4. The molecule has 29 heavy (non-hydrogen) atoms. The normalized spacial score (nSPS) is 17.4. The largest absolute Gasteiger partial charge is 0.317 e. The molecule has 3 heterocycles. The Morgan fingerprint density at radius 1 is 1.14 bits per heavy atom. The number of rotatable bonds is 1. The van der Waals surface area contributed by atoms with Crippen molar-refractivity contribution >= 4 is 22.5 Å². The number of fused-ring (bicyclic) bond motifs is 5. The predicted molar refractivity (Wildman–Crippen MR) is 121 cm³/mol. The van der Waals surface area contributed by atoms with Crippen LogP contribution in [0.25, 0.3) is 16.6 Å². The molecule has 0 saturated carbocycles. The molecule has 152 valence electrons. The molecule has 0 bridgehead atoms. The minimum Gasteiger partial charge on any atom is -0.317 e. The highest BCUT2D eigenvalue weighted by molar-refractivity contribution is 6.35. The standard InChI is InChI=1S/C22H22ClN3O.C2H6/c1-22(2)15-7-6-14(13-8-10-24-11-9-13)12-18(15)26-17-5-3-4-16(23)19(17)20(27)25-21(22)26;1-2/h3-7,12-13,24H,8-11H2,1-2H3;1-2H3. The van der Waals surface area contributed by atoms with Crippen LogP contribution in [0.5, 0.6) is 0 Å². The second kappa shape index (κ2) is 7.58. The lowest BCUT2D eigenvalue weighted by Gasteiger charge is -2.24. The van der Waals surface area contributed by atoms with Crippen molar-refractivity contribution < 1.29 is 0 Å². The Labute approximate surface area is 176 Å². The third-order valence-electron chi connectivity index (χ3n) is 6.17. The Balaban J connectivity index is 0.000000994. The number of nitrogens with one attached hydrogen (secondary N) is 1. The quantitative estimate of drug-likeness (QED) is 0.603. The fraction of sp³-hybridized carbons (Fsp3) is 0.417. The molecule has 1 saturated heterocycles. The minimum absolute atomic E-state index is 0.249. The zero-order valence-corrected chi connectivity index (χ0v) is 18.3. The Morgan fingerprint density at radius 3 is 2.59 bits per heavy atom. The van der Waals surface area contributed by atoms with Gasteiger partial charge in [-0.25, -0.2) is 0 Å². The smallest absolute Gasteiger partial charge is 0.282 e. The van der Waals surface area contributed by atoms with Crippen LogP contribution in [0.4, 0.5) is 0 Å². The number of piperidine rings is 1. The van der Waals surface area contributed by atoms with Crippen molar-refractivity contribution in [2.24, 2.45) is 0 Å². The van der Waals surface area contributed by atoms with E-state index in [1.54, 1.807) is 6.07 Å². The van der Waals surface area contributed by atoms with E-state index in [1.165, 1.54) is 11.1 Å². The molecule has 0 radical (unpaired) electrons. The van der Waals surface area contributed by atoms with Gasteiger partial charge in [0.2, 0.25) is 0 Å². The van der Waals surface area contributed by atoms with Crippen LogP contribution in [0.2, 0.25) is 5.02 Å². The predicted octanol–water partition coefficient (Wildman–Crippen LogP) is 5.17. The van der Waals surface area contributed by atoms with Crippen molar-refractivity contribution in [1.29, 1.82) is 0 Å². The zero-order chi connectivity index (χ0) is 20.8. The molecule has 0 aliphatic carbocycles. The number of hydrogen-bond acceptors (Lipinski definition) is 3. The Bertz CT molecular complexity index is 1130. The summed E-state index contributed by atoms with van der Waals surface area (Å²) in [7, 11) is 0.